The van der Waals surface area contributed by atoms with Gasteiger partial charge >= 0.3 is 0 Å². The molecule has 0 aliphatic carbocycles. The van der Waals surface area contributed by atoms with Gasteiger partial charge in [0.25, 0.3) is 0 Å². The third-order valence-electron chi connectivity index (χ3n) is 2.70. The Hall–Kier alpha value is -0.930. The number of aryl methyl sites for hydroxylation is 1. The van der Waals surface area contributed by atoms with Crippen molar-refractivity contribution >= 4 is 11.6 Å². The van der Waals surface area contributed by atoms with Gasteiger partial charge in [-0.15, -0.1) is 0 Å². The highest BCUT2D eigenvalue weighted by molar-refractivity contribution is 6.31. The summed E-state index contributed by atoms with van der Waals surface area (Å²) in [7, 11) is 3.24. The fourth-order valence-corrected chi connectivity index (χ4v) is 1.97. The van der Waals surface area contributed by atoms with Gasteiger partial charge in [0.05, 0.1) is 14.2 Å². The van der Waals surface area contributed by atoms with Crippen molar-refractivity contribution in [1.29, 1.82) is 0 Å². The first kappa shape index (κ1) is 14.1. The normalized spacial score (nSPS) is 10.4. The van der Waals surface area contributed by atoms with Gasteiger partial charge < -0.3 is 15.2 Å². The molecular weight excluding hydrogens is 238 g/mol. The number of benzene rings is 1. The van der Waals surface area contributed by atoms with E-state index in [1.165, 1.54) is 0 Å². The Bertz CT molecular complexity index is 356. The third kappa shape index (κ3) is 4.10. The molecule has 0 saturated heterocycles. The third-order valence-corrected chi connectivity index (χ3v) is 3.05. The van der Waals surface area contributed by atoms with E-state index in [0.29, 0.717) is 5.75 Å². The summed E-state index contributed by atoms with van der Waals surface area (Å²) in [5.74, 6) is 1.40. The maximum atomic E-state index is 6.19. The van der Waals surface area contributed by atoms with Gasteiger partial charge in [0.1, 0.15) is 0 Å². The van der Waals surface area contributed by atoms with Crippen molar-refractivity contribution in [2.24, 2.45) is 5.73 Å². The minimum Gasteiger partial charge on any atom is -0.493 e. The zero-order valence-electron chi connectivity index (χ0n) is 10.5. The van der Waals surface area contributed by atoms with Crippen LogP contribution in [0.2, 0.25) is 5.02 Å². The standard InChI is InChI=1S/C13H20ClNO2/c1-16-12-8-10(6-4-3-5-7-15)11(14)9-13(12)17-2/h8-9H,3-7,15H2,1-2H3. The van der Waals surface area contributed by atoms with Crippen molar-refractivity contribution in [1.82, 2.24) is 0 Å². The second-order valence-corrected chi connectivity index (χ2v) is 4.31. The summed E-state index contributed by atoms with van der Waals surface area (Å²) in [5.41, 5.74) is 6.56. The molecule has 17 heavy (non-hydrogen) atoms. The number of halogens is 1. The molecule has 0 atom stereocenters. The first-order valence-electron chi connectivity index (χ1n) is 5.83. The van der Waals surface area contributed by atoms with E-state index >= 15 is 0 Å². The average Bonchev–Trinajstić information content (AvgIpc) is 2.35. The van der Waals surface area contributed by atoms with Crippen LogP contribution in [-0.4, -0.2) is 20.8 Å². The smallest absolute Gasteiger partial charge is 0.162 e. The molecule has 96 valence electrons. The van der Waals surface area contributed by atoms with Crippen LogP contribution in [0.4, 0.5) is 0 Å². The highest BCUT2D eigenvalue weighted by Gasteiger charge is 2.09. The van der Waals surface area contributed by atoms with E-state index in [9.17, 15) is 0 Å². The molecule has 1 rings (SSSR count). The Balaban J connectivity index is 2.71. The number of ether oxygens (including phenoxy) is 2. The van der Waals surface area contributed by atoms with E-state index in [-0.39, 0.29) is 0 Å². The molecule has 0 amide bonds. The van der Waals surface area contributed by atoms with Gasteiger partial charge in [-0.1, -0.05) is 18.0 Å². The van der Waals surface area contributed by atoms with Gasteiger partial charge in [-0.05, 0) is 37.4 Å². The van der Waals surface area contributed by atoms with E-state index in [0.717, 1.165) is 48.6 Å². The van der Waals surface area contributed by atoms with Crippen molar-refractivity contribution in [3.63, 3.8) is 0 Å². The molecule has 0 spiro atoms. The lowest BCUT2D eigenvalue weighted by atomic mass is 10.1. The predicted molar refractivity (Wildman–Crippen MR) is 71.2 cm³/mol. The largest absolute Gasteiger partial charge is 0.493 e. The van der Waals surface area contributed by atoms with Gasteiger partial charge in [0, 0.05) is 11.1 Å². The molecule has 0 aromatic heterocycles. The monoisotopic (exact) mass is 257 g/mol. The predicted octanol–water partition coefficient (Wildman–Crippen LogP) is 3.03. The second kappa shape index (κ2) is 7.41. The Morgan fingerprint density at radius 3 is 2.29 bits per heavy atom. The van der Waals surface area contributed by atoms with Crippen molar-refractivity contribution in [2.45, 2.75) is 25.7 Å². The maximum absolute atomic E-state index is 6.19. The molecule has 2 N–H and O–H groups in total. The summed E-state index contributed by atoms with van der Waals surface area (Å²) in [6, 6.07) is 3.75. The Kier molecular flexibility index (Phi) is 6.16. The highest BCUT2D eigenvalue weighted by Crippen LogP contribution is 2.33. The summed E-state index contributed by atoms with van der Waals surface area (Å²) < 4.78 is 10.4. The van der Waals surface area contributed by atoms with Crippen LogP contribution in [0.25, 0.3) is 0 Å². The lowest BCUT2D eigenvalue weighted by Crippen LogP contribution is -1.99. The molecule has 0 unspecified atom stereocenters. The van der Waals surface area contributed by atoms with Crippen molar-refractivity contribution in [2.75, 3.05) is 20.8 Å². The maximum Gasteiger partial charge on any atom is 0.162 e. The summed E-state index contributed by atoms with van der Waals surface area (Å²) in [4.78, 5) is 0. The van der Waals surface area contributed by atoms with E-state index in [4.69, 9.17) is 26.8 Å². The SMILES string of the molecule is COc1cc(Cl)c(CCCCCN)cc1OC. The summed E-state index contributed by atoms with van der Waals surface area (Å²) in [5, 5.41) is 0.732. The molecule has 0 radical (unpaired) electrons. The van der Waals surface area contributed by atoms with E-state index in [2.05, 4.69) is 0 Å². The van der Waals surface area contributed by atoms with Crippen LogP contribution in [0.1, 0.15) is 24.8 Å². The first-order chi connectivity index (χ1) is 8.22. The Morgan fingerprint density at radius 1 is 1.06 bits per heavy atom. The van der Waals surface area contributed by atoms with Gasteiger partial charge in [0.15, 0.2) is 11.5 Å². The minimum atomic E-state index is 0.670. The van der Waals surface area contributed by atoms with Gasteiger partial charge in [-0.25, -0.2) is 0 Å². The molecule has 3 nitrogen and oxygen atoms in total. The average molecular weight is 258 g/mol. The summed E-state index contributed by atoms with van der Waals surface area (Å²) in [6.45, 7) is 0.750. The van der Waals surface area contributed by atoms with Crippen LogP contribution >= 0.6 is 11.6 Å². The van der Waals surface area contributed by atoms with E-state index in [1.54, 1.807) is 20.3 Å². The number of rotatable bonds is 7. The van der Waals surface area contributed by atoms with E-state index < -0.39 is 0 Å². The lowest BCUT2D eigenvalue weighted by molar-refractivity contribution is 0.354. The van der Waals surface area contributed by atoms with Crippen LogP contribution in [-0.2, 0) is 6.42 Å². The van der Waals surface area contributed by atoms with Gasteiger partial charge in [-0.2, -0.15) is 0 Å². The minimum absolute atomic E-state index is 0.670. The molecule has 0 heterocycles. The van der Waals surface area contributed by atoms with Crippen LogP contribution in [0.3, 0.4) is 0 Å². The molecule has 4 heteroatoms. The summed E-state index contributed by atoms with van der Waals surface area (Å²) >= 11 is 6.19. The molecule has 1 aromatic carbocycles. The van der Waals surface area contributed by atoms with Crippen LogP contribution in [0, 0.1) is 0 Å². The second-order valence-electron chi connectivity index (χ2n) is 3.90. The highest BCUT2D eigenvalue weighted by atomic mass is 35.5. The topological polar surface area (TPSA) is 44.5 Å². The fraction of sp³-hybridized carbons (Fsp3) is 0.538. The zero-order valence-corrected chi connectivity index (χ0v) is 11.2. The molecule has 0 aliphatic heterocycles. The first-order valence-corrected chi connectivity index (χ1v) is 6.21. The van der Waals surface area contributed by atoms with Crippen molar-refractivity contribution in [3.8, 4) is 11.5 Å². The Labute approximate surface area is 108 Å². The molecule has 0 aliphatic rings. The number of hydrogen-bond donors (Lipinski definition) is 1. The quantitative estimate of drug-likeness (QED) is 0.764. The number of nitrogens with two attached hydrogens (primary N) is 1. The molecule has 0 fully saturated rings. The zero-order chi connectivity index (χ0) is 12.7. The van der Waals surface area contributed by atoms with Gasteiger partial charge in [0.2, 0.25) is 0 Å². The lowest BCUT2D eigenvalue weighted by Gasteiger charge is -2.11. The number of methoxy groups -OCH3 is 2. The fourth-order valence-electron chi connectivity index (χ4n) is 1.72. The summed E-state index contributed by atoms with van der Waals surface area (Å²) in [6.07, 6.45) is 4.22. The van der Waals surface area contributed by atoms with Crippen LogP contribution in [0.5, 0.6) is 11.5 Å². The molecule has 0 bridgehead atoms. The number of hydrogen-bond acceptors (Lipinski definition) is 3. The van der Waals surface area contributed by atoms with Crippen LogP contribution in [0.15, 0.2) is 12.1 Å². The molecule has 0 saturated carbocycles. The van der Waals surface area contributed by atoms with Crippen molar-refractivity contribution < 1.29 is 9.47 Å². The van der Waals surface area contributed by atoms with Crippen molar-refractivity contribution in [3.05, 3.63) is 22.7 Å². The van der Waals surface area contributed by atoms with Gasteiger partial charge in [-0.3, -0.25) is 0 Å². The molecule has 1 aromatic rings. The number of unbranched alkanes of at least 4 members (excludes halogenated alkanes) is 2. The van der Waals surface area contributed by atoms with E-state index in [1.807, 2.05) is 6.07 Å². The Morgan fingerprint density at radius 2 is 1.71 bits per heavy atom. The molecular formula is C13H20ClNO2. The van der Waals surface area contributed by atoms with Crippen LogP contribution < -0.4 is 15.2 Å².